The first-order valence-electron chi connectivity index (χ1n) is 7.81. The average molecular weight is 298 g/mol. The summed E-state index contributed by atoms with van der Waals surface area (Å²) in [6.07, 6.45) is 5.19. The van der Waals surface area contributed by atoms with Crippen LogP contribution in [0.3, 0.4) is 0 Å². The van der Waals surface area contributed by atoms with Gasteiger partial charge >= 0.3 is 0 Å². The van der Waals surface area contributed by atoms with Crippen molar-refractivity contribution >= 4 is 16.8 Å². The first kappa shape index (κ1) is 15.0. The molecule has 0 unspecified atom stereocenters. The number of aliphatic hydroxyl groups is 1. The third kappa shape index (κ3) is 3.00. The molecule has 2 atom stereocenters. The molecule has 0 saturated carbocycles. The number of hydrogen-bond donors (Lipinski definition) is 2. The molecule has 2 N–H and O–H groups in total. The minimum atomic E-state index is -0.797. The number of likely N-dealkylation sites (tertiary alicyclic amines) is 1. The second-order valence-corrected chi connectivity index (χ2v) is 6.41. The minimum absolute atomic E-state index is 0.137. The maximum Gasteiger partial charge on any atom is 0.120 e. The number of fused-ring (bicyclic) bond motifs is 1. The minimum Gasteiger partial charge on any atom is -0.389 e. The number of carbonyl (C=O) groups excluding carboxylic acids is 1. The first-order chi connectivity index (χ1) is 10.6. The van der Waals surface area contributed by atoms with Crippen molar-refractivity contribution in [1.82, 2.24) is 9.88 Å². The van der Waals surface area contributed by atoms with Gasteiger partial charge in [0.25, 0.3) is 0 Å². The molecule has 0 bridgehead atoms. The number of para-hydroxylation sites is 1. The zero-order valence-electron chi connectivity index (χ0n) is 12.9. The van der Waals surface area contributed by atoms with Crippen molar-refractivity contribution in [1.29, 1.82) is 0 Å². The molecule has 1 aliphatic heterocycles. The summed E-state index contributed by atoms with van der Waals surface area (Å²) in [7, 11) is 0. The van der Waals surface area contributed by atoms with E-state index in [1.807, 2.05) is 18.9 Å². The Balaban J connectivity index is 1.66. The standard InChI is InChI=1S/C18H22N2O2/c1-18(22)8-10-20(13-15(18)7-11-21)9-6-14-12-19-17-5-3-2-4-16(14)17/h2-5,7,12,15,19,22H,6,8-10,13H2,1H3/t15-,18-/m0/s1. The molecular formula is C18H22N2O2. The van der Waals surface area contributed by atoms with Crippen molar-refractivity contribution in [3.8, 4) is 0 Å². The number of H-pyrrole nitrogens is 1. The molecular weight excluding hydrogens is 276 g/mol. The van der Waals surface area contributed by atoms with Gasteiger partial charge in [-0.05, 0) is 31.4 Å². The van der Waals surface area contributed by atoms with Gasteiger partial charge in [-0.2, -0.15) is 0 Å². The Morgan fingerprint density at radius 1 is 1.50 bits per heavy atom. The van der Waals surface area contributed by atoms with Crippen LogP contribution in [0.5, 0.6) is 0 Å². The molecule has 1 aromatic heterocycles. The van der Waals surface area contributed by atoms with Crippen molar-refractivity contribution in [2.45, 2.75) is 25.4 Å². The lowest BCUT2D eigenvalue weighted by Crippen LogP contribution is -2.49. The van der Waals surface area contributed by atoms with Crippen LogP contribution < -0.4 is 0 Å². The number of piperidine rings is 1. The van der Waals surface area contributed by atoms with Crippen LogP contribution in [0, 0.1) is 5.92 Å². The highest BCUT2D eigenvalue weighted by Crippen LogP contribution is 2.28. The lowest BCUT2D eigenvalue weighted by molar-refractivity contribution is -0.0385. The predicted octanol–water partition coefficient (Wildman–Crippen LogP) is 2.17. The van der Waals surface area contributed by atoms with Gasteiger partial charge in [-0.25, -0.2) is 4.79 Å². The maximum atomic E-state index is 10.6. The van der Waals surface area contributed by atoms with Crippen molar-refractivity contribution in [2.75, 3.05) is 19.6 Å². The van der Waals surface area contributed by atoms with Crippen molar-refractivity contribution in [2.24, 2.45) is 5.92 Å². The number of aromatic amines is 1. The quantitative estimate of drug-likeness (QED) is 0.851. The molecule has 4 nitrogen and oxygen atoms in total. The Labute approximate surface area is 130 Å². The number of hydrogen-bond acceptors (Lipinski definition) is 3. The largest absolute Gasteiger partial charge is 0.389 e. The van der Waals surface area contributed by atoms with E-state index in [0.717, 1.165) is 19.5 Å². The Bertz CT molecular complexity index is 698. The smallest absolute Gasteiger partial charge is 0.120 e. The molecule has 22 heavy (non-hydrogen) atoms. The molecule has 0 spiro atoms. The van der Waals surface area contributed by atoms with Crippen LogP contribution in [0.2, 0.25) is 0 Å². The van der Waals surface area contributed by atoms with Crippen molar-refractivity contribution in [3.63, 3.8) is 0 Å². The van der Waals surface area contributed by atoms with Gasteiger partial charge in [0.2, 0.25) is 0 Å². The lowest BCUT2D eigenvalue weighted by Gasteiger charge is -2.41. The van der Waals surface area contributed by atoms with Gasteiger partial charge in [0.05, 0.1) is 5.60 Å². The molecule has 1 saturated heterocycles. The topological polar surface area (TPSA) is 56.3 Å². The molecule has 4 heteroatoms. The second-order valence-electron chi connectivity index (χ2n) is 6.41. The van der Waals surface area contributed by atoms with Crippen molar-refractivity contribution in [3.05, 3.63) is 42.1 Å². The normalized spacial score (nSPS) is 26.0. The average Bonchev–Trinajstić information content (AvgIpc) is 2.91. The Kier molecular flexibility index (Phi) is 4.16. The van der Waals surface area contributed by atoms with Gasteiger partial charge in [0.1, 0.15) is 5.94 Å². The summed E-state index contributed by atoms with van der Waals surface area (Å²) in [5, 5.41) is 11.6. The van der Waals surface area contributed by atoms with E-state index < -0.39 is 5.60 Å². The van der Waals surface area contributed by atoms with E-state index in [0.29, 0.717) is 13.0 Å². The third-order valence-corrected chi connectivity index (χ3v) is 4.83. The Morgan fingerprint density at radius 3 is 3.14 bits per heavy atom. The van der Waals surface area contributed by atoms with Gasteiger partial charge in [0.15, 0.2) is 0 Å². The highest BCUT2D eigenvalue weighted by Gasteiger charge is 2.36. The summed E-state index contributed by atoms with van der Waals surface area (Å²) >= 11 is 0. The van der Waals surface area contributed by atoms with Gasteiger partial charge in [-0.15, -0.1) is 0 Å². The van der Waals surface area contributed by atoms with E-state index in [4.69, 9.17) is 0 Å². The van der Waals surface area contributed by atoms with Crippen LogP contribution >= 0.6 is 0 Å². The number of rotatable bonds is 4. The Hall–Kier alpha value is -1.87. The lowest BCUT2D eigenvalue weighted by atomic mass is 9.82. The molecule has 2 aromatic rings. The van der Waals surface area contributed by atoms with E-state index in [1.54, 1.807) is 0 Å². The van der Waals surface area contributed by atoms with E-state index >= 15 is 0 Å². The summed E-state index contributed by atoms with van der Waals surface area (Å²) in [6, 6.07) is 8.32. The summed E-state index contributed by atoms with van der Waals surface area (Å²) in [4.78, 5) is 16.3. The third-order valence-electron chi connectivity index (χ3n) is 4.83. The Morgan fingerprint density at radius 2 is 2.32 bits per heavy atom. The molecule has 1 fully saturated rings. The molecule has 0 amide bonds. The summed E-state index contributed by atoms with van der Waals surface area (Å²) in [5.41, 5.74) is 1.69. The van der Waals surface area contributed by atoms with Gasteiger partial charge in [0, 0.05) is 48.7 Å². The molecule has 3 rings (SSSR count). The van der Waals surface area contributed by atoms with Gasteiger partial charge in [-0.1, -0.05) is 18.2 Å². The highest BCUT2D eigenvalue weighted by atomic mass is 16.3. The summed E-state index contributed by atoms with van der Waals surface area (Å²) in [6.45, 7) is 4.31. The van der Waals surface area contributed by atoms with Crippen LogP contribution in [0.1, 0.15) is 18.9 Å². The predicted molar refractivity (Wildman–Crippen MR) is 87.4 cm³/mol. The number of nitrogens with one attached hydrogen (secondary N) is 1. The second kappa shape index (κ2) is 6.09. The van der Waals surface area contributed by atoms with Crippen LogP contribution in [0.4, 0.5) is 0 Å². The number of aromatic nitrogens is 1. The van der Waals surface area contributed by atoms with E-state index in [-0.39, 0.29) is 5.92 Å². The summed E-state index contributed by atoms with van der Waals surface area (Å²) < 4.78 is 0. The summed E-state index contributed by atoms with van der Waals surface area (Å²) in [5.74, 6) is 1.70. The van der Waals surface area contributed by atoms with E-state index in [9.17, 15) is 9.90 Å². The van der Waals surface area contributed by atoms with Crippen LogP contribution in [-0.2, 0) is 11.2 Å². The van der Waals surface area contributed by atoms with E-state index in [1.165, 1.54) is 22.5 Å². The molecule has 1 aliphatic rings. The monoisotopic (exact) mass is 298 g/mol. The zero-order valence-corrected chi connectivity index (χ0v) is 12.9. The SMILES string of the molecule is C[C@]1(O)CCN(CCc2c[nH]c3ccccc23)C[C@@H]1C=C=O. The van der Waals surface area contributed by atoms with Crippen molar-refractivity contribution < 1.29 is 9.90 Å². The maximum absolute atomic E-state index is 10.6. The molecule has 116 valence electrons. The van der Waals surface area contributed by atoms with Gasteiger partial charge in [-0.3, -0.25) is 0 Å². The van der Waals surface area contributed by atoms with Crippen LogP contribution in [-0.4, -0.2) is 46.2 Å². The van der Waals surface area contributed by atoms with E-state index in [2.05, 4.69) is 34.3 Å². The highest BCUT2D eigenvalue weighted by molar-refractivity contribution is 5.83. The molecule has 1 aromatic carbocycles. The fraction of sp³-hybridized carbons (Fsp3) is 0.444. The van der Waals surface area contributed by atoms with Crippen LogP contribution in [0.25, 0.3) is 10.9 Å². The fourth-order valence-electron chi connectivity index (χ4n) is 3.27. The first-order valence-corrected chi connectivity index (χ1v) is 7.81. The van der Waals surface area contributed by atoms with Crippen LogP contribution in [0.15, 0.2) is 36.5 Å². The number of benzene rings is 1. The molecule has 0 radical (unpaired) electrons. The number of nitrogens with zero attached hydrogens (tertiary/aromatic N) is 1. The molecule has 0 aliphatic carbocycles. The fourth-order valence-corrected chi connectivity index (χ4v) is 3.27. The van der Waals surface area contributed by atoms with Gasteiger partial charge < -0.3 is 15.0 Å². The zero-order chi connectivity index (χ0) is 15.6. The molecule has 2 heterocycles.